The molecule has 0 bridgehead atoms. The molecule has 0 aliphatic carbocycles. The maximum atomic E-state index is 12.6. The standard InChI is InChI=1S/C21H22ClN5O2/c22-15-6-8-16(9-7-15)23-20(29)18-14-19(28)25-21(24-18)27-12-10-26(11-13-27)17-4-2-1-3-5-17/h1-9,18H,10-14H2,(H,23,29)(H,24,25,28)/t18-/m0/s1. The number of para-hydroxylation sites is 1. The summed E-state index contributed by atoms with van der Waals surface area (Å²) < 4.78 is 0. The van der Waals surface area contributed by atoms with Crippen LogP contribution in [0.3, 0.4) is 0 Å². The Kier molecular flexibility index (Phi) is 5.67. The number of piperazine rings is 1. The van der Waals surface area contributed by atoms with Gasteiger partial charge in [0, 0.05) is 42.6 Å². The quantitative estimate of drug-likeness (QED) is 0.812. The van der Waals surface area contributed by atoms with Crippen molar-refractivity contribution in [1.82, 2.24) is 10.2 Å². The van der Waals surface area contributed by atoms with Crippen molar-refractivity contribution in [2.45, 2.75) is 12.5 Å². The zero-order chi connectivity index (χ0) is 20.2. The normalized spacial score (nSPS) is 19.4. The Balaban J connectivity index is 1.40. The highest BCUT2D eigenvalue weighted by Gasteiger charge is 2.30. The Bertz CT molecular complexity index is 908. The molecule has 0 aromatic heterocycles. The summed E-state index contributed by atoms with van der Waals surface area (Å²) in [5.41, 5.74) is 1.81. The van der Waals surface area contributed by atoms with Crippen LogP contribution in [-0.2, 0) is 9.59 Å². The van der Waals surface area contributed by atoms with E-state index in [1.807, 2.05) is 23.1 Å². The molecule has 0 saturated carbocycles. The van der Waals surface area contributed by atoms with Crippen LogP contribution in [0.25, 0.3) is 0 Å². The van der Waals surface area contributed by atoms with Crippen LogP contribution in [0.15, 0.2) is 59.6 Å². The van der Waals surface area contributed by atoms with E-state index in [1.54, 1.807) is 24.3 Å². The van der Waals surface area contributed by atoms with E-state index in [0.717, 1.165) is 26.2 Å². The lowest BCUT2D eigenvalue weighted by atomic mass is 10.1. The molecule has 0 radical (unpaired) electrons. The van der Waals surface area contributed by atoms with Gasteiger partial charge in [0.1, 0.15) is 6.04 Å². The minimum atomic E-state index is -0.749. The molecule has 2 heterocycles. The minimum absolute atomic E-state index is 0.0346. The summed E-state index contributed by atoms with van der Waals surface area (Å²) in [6.07, 6.45) is 0.0346. The Hall–Kier alpha value is -3.06. The van der Waals surface area contributed by atoms with Crippen LogP contribution >= 0.6 is 11.6 Å². The summed E-state index contributed by atoms with van der Waals surface area (Å²) in [5, 5.41) is 6.21. The Morgan fingerprint density at radius 1 is 1.00 bits per heavy atom. The third-order valence-corrected chi connectivity index (χ3v) is 5.28. The molecule has 7 nitrogen and oxygen atoms in total. The Morgan fingerprint density at radius 2 is 1.66 bits per heavy atom. The topological polar surface area (TPSA) is 77.0 Å². The lowest BCUT2D eigenvalue weighted by Crippen LogP contribution is -2.56. The van der Waals surface area contributed by atoms with E-state index in [4.69, 9.17) is 11.6 Å². The zero-order valence-corrected chi connectivity index (χ0v) is 16.6. The average Bonchev–Trinajstić information content (AvgIpc) is 2.75. The van der Waals surface area contributed by atoms with E-state index >= 15 is 0 Å². The van der Waals surface area contributed by atoms with E-state index < -0.39 is 6.04 Å². The van der Waals surface area contributed by atoms with E-state index in [0.29, 0.717) is 16.7 Å². The highest BCUT2D eigenvalue weighted by atomic mass is 35.5. The number of benzene rings is 2. The van der Waals surface area contributed by atoms with Gasteiger partial charge in [0.25, 0.3) is 0 Å². The van der Waals surface area contributed by atoms with Gasteiger partial charge in [0.15, 0.2) is 0 Å². The molecule has 29 heavy (non-hydrogen) atoms. The number of nitrogens with zero attached hydrogens (tertiary/aromatic N) is 3. The molecule has 4 rings (SSSR count). The molecule has 1 atom stereocenters. The molecule has 0 spiro atoms. The predicted octanol–water partition coefficient (Wildman–Crippen LogP) is 2.35. The first-order valence-electron chi connectivity index (χ1n) is 9.57. The molecular formula is C21H22ClN5O2. The number of hydrogen-bond donors (Lipinski definition) is 2. The first-order valence-corrected chi connectivity index (χ1v) is 9.95. The van der Waals surface area contributed by atoms with E-state index in [-0.39, 0.29) is 18.2 Å². The maximum absolute atomic E-state index is 12.6. The largest absolute Gasteiger partial charge is 0.368 e. The molecule has 2 amide bonds. The smallest absolute Gasteiger partial charge is 0.249 e. The molecular weight excluding hydrogens is 390 g/mol. The number of halogens is 1. The summed E-state index contributed by atoms with van der Waals surface area (Å²) in [6.45, 7) is 3.08. The lowest BCUT2D eigenvalue weighted by Gasteiger charge is -2.38. The molecule has 8 heteroatoms. The molecule has 150 valence electrons. The van der Waals surface area contributed by atoms with Crippen molar-refractivity contribution in [2.75, 3.05) is 36.4 Å². The van der Waals surface area contributed by atoms with Crippen LogP contribution in [0.4, 0.5) is 11.4 Å². The van der Waals surface area contributed by atoms with Gasteiger partial charge in [0.2, 0.25) is 17.8 Å². The van der Waals surface area contributed by atoms with Crippen molar-refractivity contribution < 1.29 is 9.59 Å². The second kappa shape index (κ2) is 8.53. The van der Waals surface area contributed by atoms with E-state index in [2.05, 4.69) is 32.7 Å². The lowest BCUT2D eigenvalue weighted by molar-refractivity contribution is -0.125. The van der Waals surface area contributed by atoms with Crippen molar-refractivity contribution in [3.8, 4) is 0 Å². The van der Waals surface area contributed by atoms with Crippen molar-refractivity contribution in [1.29, 1.82) is 0 Å². The number of guanidine groups is 1. The first kappa shape index (κ1) is 19.3. The fourth-order valence-electron chi connectivity index (χ4n) is 3.46. The minimum Gasteiger partial charge on any atom is -0.368 e. The monoisotopic (exact) mass is 411 g/mol. The second-order valence-electron chi connectivity index (χ2n) is 7.03. The summed E-state index contributed by atoms with van der Waals surface area (Å²) in [4.78, 5) is 33.6. The molecule has 2 aliphatic heterocycles. The number of hydrogen-bond acceptors (Lipinski definition) is 5. The fraction of sp³-hybridized carbons (Fsp3) is 0.286. The number of aliphatic imine (C=N–C) groups is 1. The van der Waals surface area contributed by atoms with Gasteiger partial charge in [-0.2, -0.15) is 0 Å². The van der Waals surface area contributed by atoms with Crippen LogP contribution < -0.4 is 15.5 Å². The van der Waals surface area contributed by atoms with Gasteiger partial charge in [0.05, 0.1) is 6.42 Å². The highest BCUT2D eigenvalue weighted by Crippen LogP contribution is 2.18. The number of nitrogens with one attached hydrogen (secondary N) is 2. The second-order valence-corrected chi connectivity index (χ2v) is 7.46. The van der Waals surface area contributed by atoms with E-state index in [1.165, 1.54) is 5.69 Å². The number of carbonyl (C=O) groups excluding carboxylic acids is 2. The highest BCUT2D eigenvalue weighted by molar-refractivity contribution is 6.30. The van der Waals surface area contributed by atoms with Crippen molar-refractivity contribution in [2.24, 2.45) is 4.99 Å². The molecule has 2 aromatic rings. The number of rotatable bonds is 3. The van der Waals surface area contributed by atoms with Crippen LogP contribution in [-0.4, -0.2) is 54.9 Å². The first-order chi connectivity index (χ1) is 14.1. The molecule has 2 N–H and O–H groups in total. The summed E-state index contributed by atoms with van der Waals surface area (Å²) in [5.74, 6) is -0.0236. The third-order valence-electron chi connectivity index (χ3n) is 5.02. The summed E-state index contributed by atoms with van der Waals surface area (Å²) in [6, 6.07) is 16.3. The van der Waals surface area contributed by atoms with E-state index in [9.17, 15) is 9.59 Å². The van der Waals surface area contributed by atoms with Gasteiger partial charge in [-0.15, -0.1) is 0 Å². The van der Waals surface area contributed by atoms with Crippen molar-refractivity contribution in [3.63, 3.8) is 0 Å². The number of carbonyl (C=O) groups is 2. The van der Waals surface area contributed by atoms with Gasteiger partial charge in [-0.25, -0.2) is 4.99 Å². The van der Waals surface area contributed by atoms with Crippen LogP contribution in [0, 0.1) is 0 Å². The van der Waals surface area contributed by atoms with Gasteiger partial charge < -0.3 is 15.1 Å². The third kappa shape index (κ3) is 4.68. The average molecular weight is 412 g/mol. The molecule has 2 aromatic carbocycles. The van der Waals surface area contributed by atoms with Crippen LogP contribution in [0.1, 0.15) is 6.42 Å². The van der Waals surface area contributed by atoms with Crippen molar-refractivity contribution in [3.05, 3.63) is 59.6 Å². The maximum Gasteiger partial charge on any atom is 0.249 e. The van der Waals surface area contributed by atoms with Gasteiger partial charge >= 0.3 is 0 Å². The molecule has 2 aliphatic rings. The van der Waals surface area contributed by atoms with Crippen molar-refractivity contribution >= 4 is 40.7 Å². The zero-order valence-electron chi connectivity index (χ0n) is 15.8. The number of amides is 2. The SMILES string of the molecule is O=C1C[C@@H](C(=O)Nc2ccc(Cl)cc2)N=C(N2CCN(c3ccccc3)CC2)N1. The molecule has 1 saturated heterocycles. The van der Waals surface area contributed by atoms with Crippen LogP contribution in [0.2, 0.25) is 5.02 Å². The Labute approximate surface area is 174 Å². The van der Waals surface area contributed by atoms with Gasteiger partial charge in [-0.3, -0.25) is 14.9 Å². The summed E-state index contributed by atoms with van der Waals surface area (Å²) >= 11 is 5.87. The molecule has 0 unspecified atom stereocenters. The van der Waals surface area contributed by atoms with Gasteiger partial charge in [-0.1, -0.05) is 29.8 Å². The Morgan fingerprint density at radius 3 is 2.34 bits per heavy atom. The summed E-state index contributed by atoms with van der Waals surface area (Å²) in [7, 11) is 0. The number of anilines is 2. The fourth-order valence-corrected chi connectivity index (χ4v) is 3.59. The van der Waals surface area contributed by atoms with Gasteiger partial charge in [-0.05, 0) is 36.4 Å². The molecule has 1 fully saturated rings. The van der Waals surface area contributed by atoms with Crippen LogP contribution in [0.5, 0.6) is 0 Å². The predicted molar refractivity (Wildman–Crippen MR) is 114 cm³/mol.